The molecule has 0 heterocycles. The lowest BCUT2D eigenvalue weighted by Crippen LogP contribution is -2.59. The number of aliphatic hydroxyl groups excluding tert-OH is 3. The predicted molar refractivity (Wildman–Crippen MR) is 91.8 cm³/mol. The van der Waals surface area contributed by atoms with Crippen molar-refractivity contribution in [2.75, 3.05) is 6.61 Å². The van der Waals surface area contributed by atoms with Crippen LogP contribution in [0.3, 0.4) is 0 Å². The number of allylic oxidation sites excluding steroid dienone is 2. The van der Waals surface area contributed by atoms with Gasteiger partial charge in [-0.15, -0.1) is 6.58 Å². The molecule has 0 spiro atoms. The first kappa shape index (κ1) is 17.2. The molecule has 0 aromatic rings. The average molecular weight is 320 g/mol. The lowest BCUT2D eigenvalue weighted by Gasteiger charge is -2.61. The molecule has 0 bridgehead atoms. The highest BCUT2D eigenvalue weighted by atomic mass is 16.3. The molecule has 2 saturated carbocycles. The predicted octanol–water partition coefficient (Wildman–Crippen LogP) is 3.06. The van der Waals surface area contributed by atoms with E-state index in [4.69, 9.17) is 0 Å². The molecular formula is C20H32O3. The van der Waals surface area contributed by atoms with E-state index in [1.165, 1.54) is 0 Å². The van der Waals surface area contributed by atoms with Gasteiger partial charge in [0, 0.05) is 17.9 Å². The summed E-state index contributed by atoms with van der Waals surface area (Å²) in [5.41, 5.74) is 0.554. The molecule has 3 aliphatic carbocycles. The second-order valence-corrected chi connectivity index (χ2v) is 9.08. The molecule has 3 nitrogen and oxygen atoms in total. The van der Waals surface area contributed by atoms with Crippen LogP contribution in [0.2, 0.25) is 0 Å². The Kier molecular flexibility index (Phi) is 4.06. The van der Waals surface area contributed by atoms with Crippen LogP contribution < -0.4 is 0 Å². The number of hydrogen-bond acceptors (Lipinski definition) is 3. The van der Waals surface area contributed by atoms with Crippen LogP contribution in [0.25, 0.3) is 0 Å². The normalized spacial score (nSPS) is 53.0. The molecule has 130 valence electrons. The van der Waals surface area contributed by atoms with Gasteiger partial charge >= 0.3 is 0 Å². The van der Waals surface area contributed by atoms with E-state index in [1.807, 2.05) is 6.08 Å². The van der Waals surface area contributed by atoms with Gasteiger partial charge in [-0.3, -0.25) is 0 Å². The fourth-order valence-electron chi connectivity index (χ4n) is 6.08. The molecule has 3 aliphatic rings. The SMILES string of the molecule is C=C[C@@]1(C)C=C2[C@H](O)CC3[C@@](C)(CO)CCC[C@@]3(C)[C@H]2[C@H](O)C1. The van der Waals surface area contributed by atoms with Crippen molar-refractivity contribution in [1.82, 2.24) is 0 Å². The summed E-state index contributed by atoms with van der Waals surface area (Å²) in [6, 6.07) is 0. The lowest BCUT2D eigenvalue weighted by atomic mass is 9.44. The highest BCUT2D eigenvalue weighted by molar-refractivity contribution is 5.31. The number of aliphatic hydroxyl groups is 3. The van der Waals surface area contributed by atoms with Gasteiger partial charge in [-0.2, -0.15) is 0 Å². The first-order valence-electron chi connectivity index (χ1n) is 9.02. The summed E-state index contributed by atoms with van der Waals surface area (Å²) in [7, 11) is 0. The summed E-state index contributed by atoms with van der Waals surface area (Å²) in [6.45, 7) is 10.6. The molecule has 3 N–H and O–H groups in total. The van der Waals surface area contributed by atoms with Crippen LogP contribution in [0.1, 0.15) is 52.9 Å². The number of hydrogen-bond donors (Lipinski definition) is 3. The van der Waals surface area contributed by atoms with Gasteiger partial charge in [0.15, 0.2) is 0 Å². The molecule has 23 heavy (non-hydrogen) atoms. The molecule has 7 atom stereocenters. The van der Waals surface area contributed by atoms with Crippen LogP contribution >= 0.6 is 0 Å². The molecule has 3 rings (SSSR count). The molecule has 0 aliphatic heterocycles. The van der Waals surface area contributed by atoms with E-state index in [1.54, 1.807) is 0 Å². The minimum Gasteiger partial charge on any atom is -0.396 e. The average Bonchev–Trinajstić information content (AvgIpc) is 2.49. The molecule has 0 amide bonds. The summed E-state index contributed by atoms with van der Waals surface area (Å²) >= 11 is 0. The summed E-state index contributed by atoms with van der Waals surface area (Å²) in [5.74, 6) is 0.240. The van der Waals surface area contributed by atoms with Crippen LogP contribution in [0.5, 0.6) is 0 Å². The molecule has 0 aromatic heterocycles. The quantitative estimate of drug-likeness (QED) is 0.685. The molecular weight excluding hydrogens is 288 g/mol. The van der Waals surface area contributed by atoms with Crippen LogP contribution in [-0.2, 0) is 0 Å². The van der Waals surface area contributed by atoms with Crippen molar-refractivity contribution >= 4 is 0 Å². The minimum atomic E-state index is -0.517. The summed E-state index contributed by atoms with van der Waals surface area (Å²) in [5, 5.41) is 31.8. The van der Waals surface area contributed by atoms with Gasteiger partial charge in [-0.1, -0.05) is 39.3 Å². The third-order valence-electron chi connectivity index (χ3n) is 7.37. The van der Waals surface area contributed by atoms with Crippen LogP contribution in [0.15, 0.2) is 24.3 Å². The van der Waals surface area contributed by atoms with Crippen molar-refractivity contribution in [3.8, 4) is 0 Å². The Morgan fingerprint density at radius 2 is 1.96 bits per heavy atom. The zero-order valence-corrected chi connectivity index (χ0v) is 14.8. The van der Waals surface area contributed by atoms with Gasteiger partial charge < -0.3 is 15.3 Å². The smallest absolute Gasteiger partial charge is 0.0757 e. The zero-order chi connectivity index (χ0) is 17.0. The van der Waals surface area contributed by atoms with Crippen molar-refractivity contribution in [3.63, 3.8) is 0 Å². The molecule has 3 heteroatoms. The maximum atomic E-state index is 11.0. The Hall–Kier alpha value is -0.640. The molecule has 0 aromatic carbocycles. The van der Waals surface area contributed by atoms with Crippen molar-refractivity contribution < 1.29 is 15.3 Å². The van der Waals surface area contributed by atoms with Crippen molar-refractivity contribution in [3.05, 3.63) is 24.3 Å². The van der Waals surface area contributed by atoms with Crippen molar-refractivity contribution in [1.29, 1.82) is 0 Å². The first-order valence-corrected chi connectivity index (χ1v) is 9.02. The third kappa shape index (κ3) is 2.43. The maximum absolute atomic E-state index is 11.0. The molecule has 2 fully saturated rings. The molecule has 0 saturated heterocycles. The Labute approximate surface area is 140 Å². The van der Waals surface area contributed by atoms with Gasteiger partial charge in [-0.25, -0.2) is 0 Å². The van der Waals surface area contributed by atoms with Crippen LogP contribution in [0, 0.1) is 28.1 Å². The van der Waals surface area contributed by atoms with Gasteiger partial charge in [0.2, 0.25) is 0 Å². The van der Waals surface area contributed by atoms with E-state index in [-0.39, 0.29) is 34.7 Å². The van der Waals surface area contributed by atoms with E-state index in [0.29, 0.717) is 12.8 Å². The summed E-state index contributed by atoms with van der Waals surface area (Å²) < 4.78 is 0. The standard InChI is InChI=1S/C20H32O3/c1-5-18(2)10-13-14(22)9-16-19(3,12-21)7-6-8-20(16,4)17(13)15(23)11-18/h5,10,14-17,21-23H,1,6-9,11-12H2,2-4H3/t14-,15-,16?,17-,18+,19-,20-/m1/s1. The summed E-state index contributed by atoms with van der Waals surface area (Å²) in [6.07, 6.45) is 7.57. The van der Waals surface area contributed by atoms with E-state index < -0.39 is 12.2 Å². The highest BCUT2D eigenvalue weighted by Crippen LogP contribution is 2.63. The van der Waals surface area contributed by atoms with Gasteiger partial charge in [0.05, 0.1) is 12.2 Å². The largest absolute Gasteiger partial charge is 0.396 e. The van der Waals surface area contributed by atoms with Crippen LogP contribution in [0.4, 0.5) is 0 Å². The number of rotatable bonds is 2. The molecule has 1 unspecified atom stereocenters. The second kappa shape index (κ2) is 5.44. The fraction of sp³-hybridized carbons (Fsp3) is 0.800. The van der Waals surface area contributed by atoms with Gasteiger partial charge in [0.25, 0.3) is 0 Å². The highest BCUT2D eigenvalue weighted by Gasteiger charge is 2.59. The topological polar surface area (TPSA) is 60.7 Å². The second-order valence-electron chi connectivity index (χ2n) is 9.08. The lowest BCUT2D eigenvalue weighted by molar-refractivity contribution is -0.138. The van der Waals surface area contributed by atoms with Crippen molar-refractivity contribution in [2.45, 2.75) is 65.1 Å². The van der Waals surface area contributed by atoms with Crippen molar-refractivity contribution in [2.24, 2.45) is 28.1 Å². The van der Waals surface area contributed by atoms with E-state index in [2.05, 4.69) is 33.4 Å². The van der Waals surface area contributed by atoms with E-state index in [0.717, 1.165) is 24.8 Å². The first-order chi connectivity index (χ1) is 10.7. The van der Waals surface area contributed by atoms with Gasteiger partial charge in [0.1, 0.15) is 0 Å². The number of fused-ring (bicyclic) bond motifs is 3. The van der Waals surface area contributed by atoms with Gasteiger partial charge in [-0.05, 0) is 48.0 Å². The third-order valence-corrected chi connectivity index (χ3v) is 7.37. The summed E-state index contributed by atoms with van der Waals surface area (Å²) in [4.78, 5) is 0. The maximum Gasteiger partial charge on any atom is 0.0757 e. The Morgan fingerprint density at radius 3 is 2.57 bits per heavy atom. The Bertz CT molecular complexity index is 527. The minimum absolute atomic E-state index is 0.00421. The Balaban J connectivity index is 2.08. The van der Waals surface area contributed by atoms with E-state index in [9.17, 15) is 15.3 Å². The monoisotopic (exact) mass is 320 g/mol. The zero-order valence-electron chi connectivity index (χ0n) is 14.8. The van der Waals surface area contributed by atoms with Crippen LogP contribution in [-0.4, -0.2) is 34.1 Å². The fourth-order valence-corrected chi connectivity index (χ4v) is 6.08. The Morgan fingerprint density at radius 1 is 1.26 bits per heavy atom. The molecule has 0 radical (unpaired) electrons. The van der Waals surface area contributed by atoms with E-state index >= 15 is 0 Å².